The van der Waals surface area contributed by atoms with Crippen LogP contribution in [0.5, 0.6) is 0 Å². The molecule has 0 amide bonds. The van der Waals surface area contributed by atoms with Gasteiger partial charge in [-0.15, -0.1) is 0 Å². The molecule has 1 aromatic heterocycles. The molecule has 3 nitrogen and oxygen atoms in total. The highest BCUT2D eigenvalue weighted by Crippen LogP contribution is 2.50. The maximum absolute atomic E-state index is 14.3. The first-order chi connectivity index (χ1) is 14.6. The lowest BCUT2D eigenvalue weighted by atomic mass is 9.77. The van der Waals surface area contributed by atoms with Gasteiger partial charge in [0.2, 0.25) is 0 Å². The van der Waals surface area contributed by atoms with Crippen molar-refractivity contribution in [1.82, 2.24) is 9.78 Å². The van der Waals surface area contributed by atoms with Crippen molar-refractivity contribution in [1.29, 1.82) is 0 Å². The Kier molecular flexibility index (Phi) is 5.50. The summed E-state index contributed by atoms with van der Waals surface area (Å²) in [6, 6.07) is 17.6. The van der Waals surface area contributed by atoms with Crippen molar-refractivity contribution in [2.45, 2.75) is 24.6 Å². The predicted molar refractivity (Wildman–Crippen MR) is 116 cm³/mol. The average molecular weight is 465 g/mol. The van der Waals surface area contributed by atoms with E-state index in [1.807, 2.05) is 30.3 Å². The highest BCUT2D eigenvalue weighted by Gasteiger charge is 2.59. The summed E-state index contributed by atoms with van der Waals surface area (Å²) in [7, 11) is 0. The largest absolute Gasteiger partial charge is 0.422 e. The maximum atomic E-state index is 14.3. The van der Waals surface area contributed by atoms with Crippen LogP contribution >= 0.6 is 23.2 Å². The molecule has 0 aliphatic heterocycles. The number of hydrogen-bond donors (Lipinski definition) is 1. The second kappa shape index (κ2) is 7.86. The lowest BCUT2D eigenvalue weighted by Crippen LogP contribution is -2.46. The van der Waals surface area contributed by atoms with Crippen molar-refractivity contribution >= 4 is 34.1 Å². The van der Waals surface area contributed by atoms with Crippen LogP contribution in [0.15, 0.2) is 72.9 Å². The molecule has 31 heavy (non-hydrogen) atoms. The van der Waals surface area contributed by atoms with Gasteiger partial charge in [0.05, 0.1) is 17.4 Å². The minimum Gasteiger partial charge on any atom is -0.376 e. The SMILES string of the molecule is CC(c1ccc(Cl)cc1Cl)C(O)(c1ccc2c(cnn2-c2ccccc2)c1)C(F)(F)F. The molecule has 8 heteroatoms. The molecular formula is C23H17Cl2F3N2O. The van der Waals surface area contributed by atoms with Crippen LogP contribution in [0.4, 0.5) is 13.2 Å². The second-order valence-corrected chi connectivity index (χ2v) is 8.16. The lowest BCUT2D eigenvalue weighted by molar-refractivity contribution is -0.274. The van der Waals surface area contributed by atoms with Gasteiger partial charge < -0.3 is 5.11 Å². The Balaban J connectivity index is 1.85. The van der Waals surface area contributed by atoms with Crippen LogP contribution < -0.4 is 0 Å². The highest BCUT2D eigenvalue weighted by atomic mass is 35.5. The summed E-state index contributed by atoms with van der Waals surface area (Å²) in [5.41, 5.74) is -1.92. The van der Waals surface area contributed by atoms with E-state index in [0.717, 1.165) is 5.69 Å². The van der Waals surface area contributed by atoms with Gasteiger partial charge in [-0.3, -0.25) is 0 Å². The van der Waals surface area contributed by atoms with E-state index in [2.05, 4.69) is 5.10 Å². The van der Waals surface area contributed by atoms with Gasteiger partial charge in [-0.25, -0.2) is 4.68 Å². The molecule has 0 spiro atoms. The van der Waals surface area contributed by atoms with Crippen molar-refractivity contribution in [3.63, 3.8) is 0 Å². The van der Waals surface area contributed by atoms with Crippen molar-refractivity contribution in [2.24, 2.45) is 0 Å². The molecule has 0 bridgehead atoms. The molecule has 2 unspecified atom stereocenters. The van der Waals surface area contributed by atoms with Gasteiger partial charge in [0.1, 0.15) is 0 Å². The molecule has 2 atom stereocenters. The smallest absolute Gasteiger partial charge is 0.376 e. The molecule has 160 valence electrons. The Morgan fingerprint density at radius 3 is 2.32 bits per heavy atom. The first-order valence-electron chi connectivity index (χ1n) is 9.40. The van der Waals surface area contributed by atoms with Crippen LogP contribution in [0.2, 0.25) is 10.0 Å². The molecular weight excluding hydrogens is 448 g/mol. The Morgan fingerprint density at radius 1 is 0.968 bits per heavy atom. The number of benzene rings is 3. The van der Waals surface area contributed by atoms with Crippen LogP contribution in [-0.4, -0.2) is 21.1 Å². The minimum atomic E-state index is -4.96. The standard InChI is InChI=1S/C23H17Cl2F3N2O/c1-14(19-9-8-17(24)12-20(19)25)22(31,23(26,27)28)16-7-10-21-15(11-16)13-29-30(21)18-5-3-2-4-6-18/h2-14,31H,1H3. The van der Waals surface area contributed by atoms with Gasteiger partial charge in [-0.1, -0.05) is 60.5 Å². The van der Waals surface area contributed by atoms with E-state index < -0.39 is 17.7 Å². The third-order valence-electron chi connectivity index (χ3n) is 5.50. The minimum absolute atomic E-state index is 0.0562. The number of aromatic nitrogens is 2. The van der Waals surface area contributed by atoms with Gasteiger partial charge in [0.25, 0.3) is 0 Å². The number of nitrogens with zero attached hydrogens (tertiary/aromatic N) is 2. The van der Waals surface area contributed by atoms with E-state index >= 15 is 0 Å². The second-order valence-electron chi connectivity index (χ2n) is 7.32. The number of fused-ring (bicyclic) bond motifs is 1. The molecule has 1 N–H and O–H groups in total. The fraction of sp³-hybridized carbons (Fsp3) is 0.174. The van der Waals surface area contributed by atoms with E-state index in [9.17, 15) is 18.3 Å². The summed E-state index contributed by atoms with van der Waals surface area (Å²) in [6.07, 6.45) is -3.49. The van der Waals surface area contributed by atoms with Crippen molar-refractivity contribution in [3.05, 3.63) is 94.1 Å². The number of para-hydroxylation sites is 1. The molecule has 1 heterocycles. The summed E-state index contributed by atoms with van der Waals surface area (Å²) >= 11 is 12.0. The molecule has 0 saturated carbocycles. The van der Waals surface area contributed by atoms with Crippen LogP contribution in [-0.2, 0) is 5.60 Å². The number of alkyl halides is 3. The van der Waals surface area contributed by atoms with Crippen LogP contribution in [0.25, 0.3) is 16.6 Å². The normalized spacial score (nSPS) is 15.1. The molecule has 0 aliphatic carbocycles. The molecule has 4 aromatic rings. The molecule has 4 rings (SSSR count). The number of halogens is 5. The molecule has 0 aliphatic rings. The van der Waals surface area contributed by atoms with E-state index in [-0.39, 0.29) is 16.1 Å². The first-order valence-corrected chi connectivity index (χ1v) is 10.2. The monoisotopic (exact) mass is 464 g/mol. The van der Waals surface area contributed by atoms with E-state index in [1.165, 1.54) is 49.5 Å². The van der Waals surface area contributed by atoms with E-state index in [4.69, 9.17) is 23.2 Å². The van der Waals surface area contributed by atoms with Crippen molar-refractivity contribution in [3.8, 4) is 5.69 Å². The molecule has 3 aromatic carbocycles. The summed E-state index contributed by atoms with van der Waals surface area (Å²) < 4.78 is 44.4. The van der Waals surface area contributed by atoms with Crippen LogP contribution in [0, 0.1) is 0 Å². The van der Waals surface area contributed by atoms with Gasteiger partial charge in [0.15, 0.2) is 5.60 Å². The fourth-order valence-electron chi connectivity index (χ4n) is 3.78. The number of hydrogen-bond acceptors (Lipinski definition) is 2. The average Bonchev–Trinajstić information content (AvgIpc) is 3.16. The number of rotatable bonds is 4. The zero-order chi connectivity index (χ0) is 22.4. The van der Waals surface area contributed by atoms with Crippen molar-refractivity contribution < 1.29 is 18.3 Å². The van der Waals surface area contributed by atoms with E-state index in [0.29, 0.717) is 15.9 Å². The first kappa shape index (κ1) is 21.7. The zero-order valence-electron chi connectivity index (χ0n) is 16.2. The maximum Gasteiger partial charge on any atom is 0.422 e. The van der Waals surface area contributed by atoms with Crippen LogP contribution in [0.3, 0.4) is 0 Å². The Morgan fingerprint density at radius 2 is 1.68 bits per heavy atom. The third-order valence-corrected chi connectivity index (χ3v) is 6.06. The Hall–Kier alpha value is -2.54. The summed E-state index contributed by atoms with van der Waals surface area (Å²) in [5.74, 6) is -1.39. The zero-order valence-corrected chi connectivity index (χ0v) is 17.7. The van der Waals surface area contributed by atoms with Gasteiger partial charge in [-0.05, 0) is 47.5 Å². The molecule has 0 saturated heterocycles. The lowest BCUT2D eigenvalue weighted by Gasteiger charge is -2.37. The highest BCUT2D eigenvalue weighted by molar-refractivity contribution is 6.35. The topological polar surface area (TPSA) is 38.1 Å². The Labute approximate surface area is 186 Å². The van der Waals surface area contributed by atoms with Gasteiger partial charge in [0, 0.05) is 21.3 Å². The predicted octanol–water partition coefficient (Wildman–Crippen LogP) is 6.89. The Bertz CT molecular complexity index is 1240. The third kappa shape index (κ3) is 3.69. The van der Waals surface area contributed by atoms with Gasteiger partial charge >= 0.3 is 6.18 Å². The van der Waals surface area contributed by atoms with E-state index in [1.54, 1.807) is 4.68 Å². The fourth-order valence-corrected chi connectivity index (χ4v) is 4.35. The van der Waals surface area contributed by atoms with Crippen LogP contribution in [0.1, 0.15) is 24.0 Å². The van der Waals surface area contributed by atoms with Gasteiger partial charge in [-0.2, -0.15) is 18.3 Å². The quantitative estimate of drug-likeness (QED) is 0.357. The molecule has 0 fully saturated rings. The van der Waals surface area contributed by atoms with Crippen molar-refractivity contribution in [2.75, 3.05) is 0 Å². The summed E-state index contributed by atoms with van der Waals surface area (Å²) in [4.78, 5) is 0. The molecule has 0 radical (unpaired) electrons. The summed E-state index contributed by atoms with van der Waals surface area (Å²) in [5, 5.41) is 16.2. The summed E-state index contributed by atoms with van der Waals surface area (Å²) in [6.45, 7) is 1.29. The number of aliphatic hydroxyl groups is 1.